The molecule has 1 unspecified atom stereocenters. The second-order valence-corrected chi connectivity index (χ2v) is 4.49. The van der Waals surface area contributed by atoms with Gasteiger partial charge in [0.05, 0.1) is 0 Å². The van der Waals surface area contributed by atoms with E-state index in [4.69, 9.17) is 5.73 Å². The third-order valence-electron chi connectivity index (χ3n) is 2.87. The van der Waals surface area contributed by atoms with Crippen molar-refractivity contribution in [3.63, 3.8) is 0 Å². The van der Waals surface area contributed by atoms with Gasteiger partial charge in [0.25, 0.3) is 0 Å². The van der Waals surface area contributed by atoms with Crippen LogP contribution >= 0.6 is 0 Å². The van der Waals surface area contributed by atoms with Crippen molar-refractivity contribution in [2.75, 3.05) is 18.5 Å². The number of anilines is 1. The molecule has 15 heavy (non-hydrogen) atoms. The SMILES string of the molecule is CC(N)CN(C)c1ccc2c(n1)CCC2. The molecule has 0 spiro atoms. The highest BCUT2D eigenvalue weighted by molar-refractivity contribution is 5.42. The van der Waals surface area contributed by atoms with E-state index in [2.05, 4.69) is 22.0 Å². The van der Waals surface area contributed by atoms with Gasteiger partial charge in [0, 0.05) is 25.3 Å². The summed E-state index contributed by atoms with van der Waals surface area (Å²) in [6.45, 7) is 2.87. The third-order valence-corrected chi connectivity index (χ3v) is 2.87. The molecule has 0 aromatic carbocycles. The van der Waals surface area contributed by atoms with E-state index in [1.807, 2.05) is 14.0 Å². The topological polar surface area (TPSA) is 42.1 Å². The van der Waals surface area contributed by atoms with Crippen molar-refractivity contribution < 1.29 is 0 Å². The Balaban J connectivity index is 2.15. The second kappa shape index (κ2) is 4.19. The maximum absolute atomic E-state index is 5.77. The van der Waals surface area contributed by atoms with Crippen molar-refractivity contribution >= 4 is 5.82 Å². The number of likely N-dealkylation sites (N-methyl/N-ethyl adjacent to an activating group) is 1. The zero-order chi connectivity index (χ0) is 10.8. The molecule has 0 radical (unpaired) electrons. The first-order chi connectivity index (χ1) is 7.16. The lowest BCUT2D eigenvalue weighted by Gasteiger charge is -2.20. The van der Waals surface area contributed by atoms with Crippen LogP contribution in [0, 0.1) is 0 Å². The quantitative estimate of drug-likeness (QED) is 0.810. The summed E-state index contributed by atoms with van der Waals surface area (Å²) in [5.41, 5.74) is 8.48. The third kappa shape index (κ3) is 2.29. The Bertz CT molecular complexity index is 347. The Morgan fingerprint density at radius 2 is 2.27 bits per heavy atom. The van der Waals surface area contributed by atoms with E-state index in [-0.39, 0.29) is 6.04 Å². The summed E-state index contributed by atoms with van der Waals surface area (Å²) in [6, 6.07) is 4.50. The van der Waals surface area contributed by atoms with Crippen LogP contribution in [-0.2, 0) is 12.8 Å². The Kier molecular flexibility index (Phi) is 2.91. The van der Waals surface area contributed by atoms with Gasteiger partial charge >= 0.3 is 0 Å². The fourth-order valence-electron chi connectivity index (χ4n) is 2.15. The van der Waals surface area contributed by atoms with Crippen LogP contribution in [0.1, 0.15) is 24.6 Å². The normalized spacial score (nSPS) is 16.2. The largest absolute Gasteiger partial charge is 0.358 e. The molecule has 0 fully saturated rings. The summed E-state index contributed by atoms with van der Waals surface area (Å²) in [4.78, 5) is 6.80. The molecule has 3 nitrogen and oxygen atoms in total. The molecule has 0 saturated heterocycles. The molecule has 82 valence electrons. The van der Waals surface area contributed by atoms with Crippen LogP contribution in [0.4, 0.5) is 5.82 Å². The maximum Gasteiger partial charge on any atom is 0.128 e. The summed E-state index contributed by atoms with van der Waals surface area (Å²) in [5, 5.41) is 0. The van der Waals surface area contributed by atoms with Crippen molar-refractivity contribution in [1.29, 1.82) is 0 Å². The molecule has 1 heterocycles. The summed E-state index contributed by atoms with van der Waals surface area (Å²) in [6.07, 6.45) is 3.58. The number of rotatable bonds is 3. The zero-order valence-corrected chi connectivity index (χ0v) is 9.53. The molecule has 1 aromatic heterocycles. The molecule has 1 atom stereocenters. The number of hydrogen-bond donors (Lipinski definition) is 1. The van der Waals surface area contributed by atoms with Gasteiger partial charge in [-0.1, -0.05) is 6.07 Å². The highest BCUT2D eigenvalue weighted by Crippen LogP contribution is 2.22. The van der Waals surface area contributed by atoms with Gasteiger partial charge in [-0.05, 0) is 37.8 Å². The highest BCUT2D eigenvalue weighted by atomic mass is 15.2. The van der Waals surface area contributed by atoms with E-state index in [1.165, 1.54) is 24.1 Å². The van der Waals surface area contributed by atoms with Crippen LogP contribution in [0.25, 0.3) is 0 Å². The van der Waals surface area contributed by atoms with Crippen LogP contribution in [0.15, 0.2) is 12.1 Å². The fraction of sp³-hybridized carbons (Fsp3) is 0.583. The van der Waals surface area contributed by atoms with Crippen LogP contribution in [-0.4, -0.2) is 24.6 Å². The minimum Gasteiger partial charge on any atom is -0.358 e. The van der Waals surface area contributed by atoms with Crippen molar-refractivity contribution in [2.24, 2.45) is 5.73 Å². The number of hydrogen-bond acceptors (Lipinski definition) is 3. The van der Waals surface area contributed by atoms with E-state index in [0.717, 1.165) is 18.8 Å². The molecule has 1 aromatic rings. The van der Waals surface area contributed by atoms with Gasteiger partial charge in [0.1, 0.15) is 5.82 Å². The van der Waals surface area contributed by atoms with Gasteiger partial charge in [-0.3, -0.25) is 0 Å². The van der Waals surface area contributed by atoms with Crippen molar-refractivity contribution in [1.82, 2.24) is 4.98 Å². The molecule has 3 heteroatoms. The lowest BCUT2D eigenvalue weighted by atomic mass is 10.2. The molecule has 0 amide bonds. The monoisotopic (exact) mass is 205 g/mol. The second-order valence-electron chi connectivity index (χ2n) is 4.49. The van der Waals surface area contributed by atoms with Crippen LogP contribution in [0.5, 0.6) is 0 Å². The standard InChI is InChI=1S/C12H19N3/c1-9(13)8-15(2)12-7-6-10-4-3-5-11(10)14-12/h6-7,9H,3-5,8,13H2,1-2H3. The molecular weight excluding hydrogens is 186 g/mol. The predicted octanol–water partition coefficient (Wildman–Crippen LogP) is 1.35. The predicted molar refractivity (Wildman–Crippen MR) is 63.2 cm³/mol. The van der Waals surface area contributed by atoms with E-state index in [9.17, 15) is 0 Å². The number of nitrogens with two attached hydrogens (primary N) is 1. The fourth-order valence-corrected chi connectivity index (χ4v) is 2.15. The number of nitrogens with zero attached hydrogens (tertiary/aromatic N) is 2. The minimum absolute atomic E-state index is 0.185. The van der Waals surface area contributed by atoms with E-state index < -0.39 is 0 Å². The molecular formula is C12H19N3. The molecule has 2 N–H and O–H groups in total. The van der Waals surface area contributed by atoms with E-state index in [0.29, 0.717) is 0 Å². The number of aromatic nitrogens is 1. The number of aryl methyl sites for hydroxylation is 2. The van der Waals surface area contributed by atoms with E-state index in [1.54, 1.807) is 0 Å². The van der Waals surface area contributed by atoms with Gasteiger partial charge in [0.2, 0.25) is 0 Å². The van der Waals surface area contributed by atoms with Crippen molar-refractivity contribution in [3.8, 4) is 0 Å². The van der Waals surface area contributed by atoms with E-state index >= 15 is 0 Å². The van der Waals surface area contributed by atoms with Gasteiger partial charge in [-0.2, -0.15) is 0 Å². The maximum atomic E-state index is 5.77. The number of fused-ring (bicyclic) bond motifs is 1. The summed E-state index contributed by atoms with van der Waals surface area (Å²) < 4.78 is 0. The van der Waals surface area contributed by atoms with Gasteiger partial charge in [0.15, 0.2) is 0 Å². The smallest absolute Gasteiger partial charge is 0.128 e. The molecule has 2 rings (SSSR count). The summed E-state index contributed by atoms with van der Waals surface area (Å²) in [5.74, 6) is 1.05. The molecule has 0 bridgehead atoms. The average Bonchev–Trinajstić information content (AvgIpc) is 2.62. The Morgan fingerprint density at radius 1 is 1.47 bits per heavy atom. The number of pyridine rings is 1. The van der Waals surface area contributed by atoms with Crippen LogP contribution in [0.3, 0.4) is 0 Å². The van der Waals surface area contributed by atoms with Crippen LogP contribution in [0.2, 0.25) is 0 Å². The Hall–Kier alpha value is -1.09. The van der Waals surface area contributed by atoms with Gasteiger partial charge < -0.3 is 10.6 Å². The van der Waals surface area contributed by atoms with Crippen molar-refractivity contribution in [2.45, 2.75) is 32.2 Å². The lowest BCUT2D eigenvalue weighted by Crippen LogP contribution is -2.33. The zero-order valence-electron chi connectivity index (χ0n) is 9.53. The minimum atomic E-state index is 0.185. The van der Waals surface area contributed by atoms with Crippen molar-refractivity contribution in [3.05, 3.63) is 23.4 Å². The lowest BCUT2D eigenvalue weighted by molar-refractivity contribution is 0.710. The summed E-state index contributed by atoms with van der Waals surface area (Å²) in [7, 11) is 2.05. The summed E-state index contributed by atoms with van der Waals surface area (Å²) >= 11 is 0. The Labute approximate surface area is 91.3 Å². The van der Waals surface area contributed by atoms with Gasteiger partial charge in [-0.25, -0.2) is 4.98 Å². The molecule has 1 aliphatic carbocycles. The first-order valence-electron chi connectivity index (χ1n) is 5.62. The Morgan fingerprint density at radius 3 is 3.00 bits per heavy atom. The first kappa shape index (κ1) is 10.4. The van der Waals surface area contributed by atoms with Gasteiger partial charge in [-0.15, -0.1) is 0 Å². The molecule has 0 aliphatic heterocycles. The molecule has 0 saturated carbocycles. The highest BCUT2D eigenvalue weighted by Gasteiger charge is 2.14. The first-order valence-corrected chi connectivity index (χ1v) is 5.62. The van der Waals surface area contributed by atoms with Crippen LogP contribution < -0.4 is 10.6 Å². The molecule has 1 aliphatic rings. The average molecular weight is 205 g/mol.